The lowest BCUT2D eigenvalue weighted by molar-refractivity contribution is -0.140. The first-order valence-corrected chi connectivity index (χ1v) is 9.19. The summed E-state index contributed by atoms with van der Waals surface area (Å²) in [5.41, 5.74) is -1.69. The molecule has 0 radical (unpaired) electrons. The topological polar surface area (TPSA) is 124 Å². The largest absolute Gasteiger partial charge is 0.442 e. The summed E-state index contributed by atoms with van der Waals surface area (Å²) in [6.07, 6.45) is -0.844. The van der Waals surface area contributed by atoms with Gasteiger partial charge in [0, 0.05) is 21.0 Å². The zero-order chi connectivity index (χ0) is 23.4. The van der Waals surface area contributed by atoms with Crippen LogP contribution in [-0.2, 0) is 14.3 Å². The van der Waals surface area contributed by atoms with Crippen molar-refractivity contribution < 1.29 is 28.7 Å². The second-order valence-corrected chi connectivity index (χ2v) is 8.63. The minimum atomic E-state index is -1.07. The molecular formula is C18H30N6O6. The van der Waals surface area contributed by atoms with Crippen molar-refractivity contribution in [1.82, 2.24) is 20.0 Å². The van der Waals surface area contributed by atoms with Gasteiger partial charge < -0.3 is 14.5 Å². The molecule has 30 heavy (non-hydrogen) atoms. The van der Waals surface area contributed by atoms with Crippen LogP contribution in [0.25, 0.3) is 0 Å². The summed E-state index contributed by atoms with van der Waals surface area (Å²) in [5, 5.41) is 11.2. The lowest BCUT2D eigenvalue weighted by atomic mass is 10.2. The lowest BCUT2D eigenvalue weighted by Crippen LogP contribution is -2.61. The van der Waals surface area contributed by atoms with Crippen molar-refractivity contribution in [3.05, 3.63) is 0 Å². The highest BCUT2D eigenvalue weighted by atomic mass is 16.6. The molecular weight excluding hydrogens is 396 g/mol. The van der Waals surface area contributed by atoms with Crippen LogP contribution in [0.5, 0.6) is 0 Å². The molecule has 12 heteroatoms. The Morgan fingerprint density at radius 3 is 2.03 bits per heavy atom. The van der Waals surface area contributed by atoms with E-state index in [1.54, 1.807) is 55.6 Å². The third kappa shape index (κ3) is 7.33. The molecule has 0 aromatic rings. The molecule has 1 heterocycles. The normalized spacial score (nSPS) is 15.1. The third-order valence-corrected chi connectivity index (χ3v) is 3.05. The van der Waals surface area contributed by atoms with Gasteiger partial charge in [-0.3, -0.25) is 4.79 Å². The summed E-state index contributed by atoms with van der Waals surface area (Å²) in [7, 11) is 3.33. The average Bonchev–Trinajstić information content (AvgIpc) is 2.51. The smallest absolute Gasteiger partial charge is 0.439 e. The number of hydrogen-bond acceptors (Lipinski definition) is 9. The van der Waals surface area contributed by atoms with Crippen LogP contribution in [0, 0.1) is 0 Å². The molecule has 12 nitrogen and oxygen atoms in total. The van der Waals surface area contributed by atoms with Gasteiger partial charge in [0.2, 0.25) is 5.91 Å². The van der Waals surface area contributed by atoms with E-state index < -0.39 is 35.3 Å². The Labute approximate surface area is 176 Å². The highest BCUT2D eigenvalue weighted by Gasteiger charge is 2.42. The molecule has 1 aliphatic heterocycles. The first kappa shape index (κ1) is 24.9. The first-order valence-electron chi connectivity index (χ1n) is 9.19. The molecule has 0 atom stereocenters. The Balaban J connectivity index is 3.37. The molecule has 0 bridgehead atoms. The molecule has 0 fully saturated rings. The molecule has 0 aliphatic carbocycles. The Kier molecular flexibility index (Phi) is 7.54. The van der Waals surface area contributed by atoms with Crippen molar-refractivity contribution in [1.29, 1.82) is 0 Å². The Morgan fingerprint density at radius 2 is 1.60 bits per heavy atom. The van der Waals surface area contributed by atoms with Crippen LogP contribution in [0.3, 0.4) is 0 Å². The van der Waals surface area contributed by atoms with E-state index in [2.05, 4.69) is 10.2 Å². The van der Waals surface area contributed by atoms with Crippen LogP contribution in [-0.4, -0.2) is 87.9 Å². The van der Waals surface area contributed by atoms with E-state index in [1.807, 2.05) is 0 Å². The number of hydrogen-bond donors (Lipinski definition) is 0. The summed E-state index contributed by atoms with van der Waals surface area (Å²) < 4.78 is 10.4. The summed E-state index contributed by atoms with van der Waals surface area (Å²) >= 11 is 0. The van der Waals surface area contributed by atoms with Crippen LogP contribution in [0.2, 0.25) is 0 Å². The van der Waals surface area contributed by atoms with Crippen molar-refractivity contribution in [2.75, 3.05) is 20.6 Å². The summed E-state index contributed by atoms with van der Waals surface area (Å²) in [5.74, 6) is -0.785. The van der Waals surface area contributed by atoms with E-state index in [0.717, 1.165) is 11.9 Å². The van der Waals surface area contributed by atoms with Gasteiger partial charge in [0.1, 0.15) is 16.9 Å². The van der Waals surface area contributed by atoms with Crippen LogP contribution in [0.4, 0.5) is 14.4 Å². The van der Waals surface area contributed by atoms with Gasteiger partial charge in [0.25, 0.3) is 0 Å². The van der Waals surface area contributed by atoms with E-state index in [-0.39, 0.29) is 12.3 Å². The van der Waals surface area contributed by atoms with Gasteiger partial charge in [0.15, 0.2) is 0 Å². The van der Waals surface area contributed by atoms with E-state index >= 15 is 0 Å². The second kappa shape index (κ2) is 9.09. The molecule has 5 amide bonds. The monoisotopic (exact) mass is 426 g/mol. The van der Waals surface area contributed by atoms with Crippen molar-refractivity contribution in [2.24, 2.45) is 10.2 Å². The van der Waals surface area contributed by atoms with Crippen molar-refractivity contribution in [3.8, 4) is 0 Å². The van der Waals surface area contributed by atoms with Gasteiger partial charge in [-0.05, 0) is 41.5 Å². The molecule has 1 rings (SSSR count). The zero-order valence-corrected chi connectivity index (χ0v) is 18.9. The van der Waals surface area contributed by atoms with Gasteiger partial charge in [-0.15, -0.1) is 10.0 Å². The predicted molar refractivity (Wildman–Crippen MR) is 109 cm³/mol. The molecule has 0 N–H and O–H groups in total. The van der Waals surface area contributed by atoms with Gasteiger partial charge >= 0.3 is 18.2 Å². The molecule has 1 aliphatic rings. The Morgan fingerprint density at radius 1 is 1.07 bits per heavy atom. The fourth-order valence-corrected chi connectivity index (χ4v) is 2.06. The van der Waals surface area contributed by atoms with Gasteiger partial charge in [-0.1, -0.05) is 0 Å². The standard InChI is InChI=1S/C18H30N6O6/c1-12(25)24(16(28)30-18(5,6)7)22-11-13(10-19-21(8)9)20-23(14(22)26)15(27)29-17(2,3)4/h10H,11H2,1-9H3/b19-10+. The van der Waals surface area contributed by atoms with E-state index in [1.165, 1.54) is 11.2 Å². The summed E-state index contributed by atoms with van der Waals surface area (Å²) in [4.78, 5) is 50.3. The third-order valence-electron chi connectivity index (χ3n) is 3.05. The second-order valence-electron chi connectivity index (χ2n) is 8.63. The minimum Gasteiger partial charge on any atom is -0.442 e. The van der Waals surface area contributed by atoms with Crippen LogP contribution >= 0.6 is 0 Å². The van der Waals surface area contributed by atoms with E-state index in [0.29, 0.717) is 10.0 Å². The van der Waals surface area contributed by atoms with Crippen LogP contribution in [0.15, 0.2) is 10.2 Å². The van der Waals surface area contributed by atoms with E-state index in [9.17, 15) is 19.2 Å². The number of hydrazine groups is 1. The molecule has 0 saturated carbocycles. The number of carbonyl (C=O) groups is 4. The molecule has 0 spiro atoms. The van der Waals surface area contributed by atoms with Crippen LogP contribution in [0.1, 0.15) is 48.5 Å². The molecule has 0 aromatic heterocycles. The van der Waals surface area contributed by atoms with Gasteiger partial charge in [-0.25, -0.2) is 19.4 Å². The molecule has 0 unspecified atom stereocenters. The molecule has 0 aromatic carbocycles. The fourth-order valence-electron chi connectivity index (χ4n) is 2.06. The van der Waals surface area contributed by atoms with Crippen molar-refractivity contribution in [3.63, 3.8) is 0 Å². The number of urea groups is 1. The lowest BCUT2D eigenvalue weighted by Gasteiger charge is -2.37. The summed E-state index contributed by atoms with van der Waals surface area (Å²) in [6.45, 7) is 10.5. The maximum absolute atomic E-state index is 12.9. The predicted octanol–water partition coefficient (Wildman–Crippen LogP) is 2.26. The van der Waals surface area contributed by atoms with Crippen molar-refractivity contribution in [2.45, 2.75) is 59.7 Å². The average molecular weight is 426 g/mol. The van der Waals surface area contributed by atoms with Crippen LogP contribution < -0.4 is 0 Å². The zero-order valence-electron chi connectivity index (χ0n) is 18.9. The minimum absolute atomic E-state index is 0.129. The quantitative estimate of drug-likeness (QED) is 0.501. The summed E-state index contributed by atoms with van der Waals surface area (Å²) in [6, 6.07) is -1.05. The van der Waals surface area contributed by atoms with Gasteiger partial charge in [-0.2, -0.15) is 10.2 Å². The number of rotatable bonds is 3. The number of nitrogens with zero attached hydrogens (tertiary/aromatic N) is 6. The highest BCUT2D eigenvalue weighted by molar-refractivity contribution is 6.32. The van der Waals surface area contributed by atoms with E-state index in [4.69, 9.17) is 9.47 Å². The fraction of sp³-hybridized carbons (Fsp3) is 0.667. The number of hydrazone groups is 2. The first-order chi connectivity index (χ1) is 13.5. The Hall–Kier alpha value is -3.18. The maximum atomic E-state index is 12.9. The molecule has 168 valence electrons. The Bertz CT molecular complexity index is 762. The SMILES string of the molecule is CC(=O)N(C(=O)OC(C)(C)C)N1CC(/C=N/N(C)C)=NN(C(=O)OC(C)(C)C)C1=O. The number of carbonyl (C=O) groups excluding carboxylic acids is 4. The number of amides is 5. The number of imide groups is 2. The van der Waals surface area contributed by atoms with Crippen molar-refractivity contribution >= 4 is 36.1 Å². The van der Waals surface area contributed by atoms with Gasteiger partial charge in [0.05, 0.1) is 12.8 Å². The highest BCUT2D eigenvalue weighted by Crippen LogP contribution is 2.19. The molecule has 0 saturated heterocycles. The maximum Gasteiger partial charge on any atom is 0.439 e. The number of ether oxygens (including phenoxy) is 2.